The van der Waals surface area contributed by atoms with Crippen LogP contribution in [0.25, 0.3) is 33.3 Å². The van der Waals surface area contributed by atoms with Crippen molar-refractivity contribution in [2.24, 2.45) is 0 Å². The molecule has 0 saturated carbocycles. The van der Waals surface area contributed by atoms with Crippen molar-refractivity contribution in [1.82, 2.24) is 39.7 Å². The highest BCUT2D eigenvalue weighted by Gasteiger charge is 2.26. The third kappa shape index (κ3) is 3.60. The van der Waals surface area contributed by atoms with Crippen molar-refractivity contribution in [2.75, 3.05) is 26.7 Å². The first kappa shape index (κ1) is 21.1. The number of fused-ring (bicyclic) bond motifs is 6. The molecule has 6 heterocycles. The fourth-order valence-electron chi connectivity index (χ4n) is 5.19. The summed E-state index contributed by atoms with van der Waals surface area (Å²) >= 11 is 0. The summed E-state index contributed by atoms with van der Waals surface area (Å²) in [5, 5.41) is 14.0. The van der Waals surface area contributed by atoms with E-state index >= 15 is 0 Å². The zero-order chi connectivity index (χ0) is 23.2. The highest BCUT2D eigenvalue weighted by Crippen LogP contribution is 2.34. The Morgan fingerprint density at radius 3 is 2.71 bits per heavy atom. The van der Waals surface area contributed by atoms with E-state index in [1.54, 1.807) is 4.90 Å². The maximum atomic E-state index is 13.5. The molecule has 2 aliphatic heterocycles. The largest absolute Gasteiger partial charge is 0.346 e. The molecule has 0 atom stereocenters. The number of aromatic nitrogens is 6. The molecule has 0 aromatic carbocycles. The zero-order valence-electron chi connectivity index (χ0n) is 19.7. The molecule has 1 fully saturated rings. The van der Waals surface area contributed by atoms with Crippen molar-refractivity contribution >= 4 is 16.9 Å². The first-order valence-corrected chi connectivity index (χ1v) is 12.2. The van der Waals surface area contributed by atoms with E-state index in [2.05, 4.69) is 29.5 Å². The molecule has 9 heteroatoms. The van der Waals surface area contributed by atoms with E-state index in [1.807, 2.05) is 35.0 Å². The smallest absolute Gasteiger partial charge is 0.274 e. The van der Waals surface area contributed by atoms with Gasteiger partial charge in [-0.3, -0.25) is 14.2 Å². The lowest BCUT2D eigenvalue weighted by Gasteiger charge is -2.22. The number of carbonyl (C=O) groups is 1. The first-order valence-electron chi connectivity index (χ1n) is 12.2. The molecule has 9 nitrogen and oxygen atoms in total. The fraction of sp³-hybridized carbons (Fsp3) is 0.440. The summed E-state index contributed by atoms with van der Waals surface area (Å²) in [4.78, 5) is 23.3. The molecule has 4 bridgehead atoms. The quantitative estimate of drug-likeness (QED) is 0.456. The third-order valence-electron chi connectivity index (χ3n) is 7.17. The predicted molar refractivity (Wildman–Crippen MR) is 131 cm³/mol. The van der Waals surface area contributed by atoms with Gasteiger partial charge in [0.2, 0.25) is 0 Å². The Hall–Kier alpha value is -3.46. The van der Waals surface area contributed by atoms with Gasteiger partial charge in [-0.05, 0) is 51.8 Å². The van der Waals surface area contributed by atoms with Crippen molar-refractivity contribution < 1.29 is 4.79 Å². The van der Waals surface area contributed by atoms with Gasteiger partial charge in [0.25, 0.3) is 5.91 Å². The van der Waals surface area contributed by atoms with Gasteiger partial charge in [-0.25, -0.2) is 4.98 Å². The number of hydrogen-bond donors (Lipinski definition) is 2. The van der Waals surface area contributed by atoms with Gasteiger partial charge in [-0.15, -0.1) is 0 Å². The average molecular weight is 459 g/mol. The summed E-state index contributed by atoms with van der Waals surface area (Å²) < 4.78 is 4.03. The van der Waals surface area contributed by atoms with E-state index in [4.69, 9.17) is 15.2 Å². The number of piperidine rings is 1. The number of H-pyrrole nitrogens is 1. The lowest BCUT2D eigenvalue weighted by molar-refractivity contribution is 0.0785. The number of aromatic amines is 1. The molecule has 0 spiro atoms. The summed E-state index contributed by atoms with van der Waals surface area (Å²) in [7, 11) is 1.87. The number of nitrogens with one attached hydrogen (secondary N) is 2. The topological polar surface area (TPSA) is 96.7 Å². The first-order chi connectivity index (χ1) is 16.6. The molecule has 1 saturated heterocycles. The molecule has 0 aliphatic carbocycles. The SMILES string of the molecule is Cc1nn2cc1-c1c[nH]c3ncc(cc13)-c1cn(C3CCNCC3)nc1C(=O)N(C)CCCC2. The van der Waals surface area contributed by atoms with E-state index in [1.165, 1.54) is 0 Å². The van der Waals surface area contributed by atoms with Crippen molar-refractivity contribution in [3.8, 4) is 22.3 Å². The van der Waals surface area contributed by atoms with Gasteiger partial charge < -0.3 is 15.2 Å². The molecule has 4 aromatic heterocycles. The Labute approximate surface area is 198 Å². The van der Waals surface area contributed by atoms with Crippen LogP contribution in [0.2, 0.25) is 0 Å². The highest BCUT2D eigenvalue weighted by molar-refractivity contribution is 6.01. The van der Waals surface area contributed by atoms with Crippen LogP contribution < -0.4 is 5.32 Å². The molecule has 34 heavy (non-hydrogen) atoms. The van der Waals surface area contributed by atoms with Crippen LogP contribution in [-0.4, -0.2) is 67.0 Å². The minimum Gasteiger partial charge on any atom is -0.346 e. The van der Waals surface area contributed by atoms with Crippen molar-refractivity contribution in [3.05, 3.63) is 42.2 Å². The normalized spacial score (nSPS) is 17.7. The average Bonchev–Trinajstić information content (AvgIpc) is 3.57. The van der Waals surface area contributed by atoms with E-state index in [0.717, 1.165) is 84.3 Å². The molecule has 176 valence electrons. The van der Waals surface area contributed by atoms with Crippen molar-refractivity contribution in [2.45, 2.75) is 45.2 Å². The number of rotatable bonds is 1. The Balaban J connectivity index is 1.53. The van der Waals surface area contributed by atoms with Crippen LogP contribution >= 0.6 is 0 Å². The third-order valence-corrected chi connectivity index (χ3v) is 7.17. The van der Waals surface area contributed by atoms with Gasteiger partial charge in [0.05, 0.1) is 11.7 Å². The number of pyridine rings is 1. The lowest BCUT2D eigenvalue weighted by Crippen LogP contribution is -2.31. The molecule has 2 aliphatic rings. The van der Waals surface area contributed by atoms with Gasteiger partial charge in [0, 0.05) is 72.6 Å². The lowest BCUT2D eigenvalue weighted by atomic mass is 10.0. The van der Waals surface area contributed by atoms with Crippen LogP contribution in [0.15, 0.2) is 30.9 Å². The molecular formula is C25H30N8O. The van der Waals surface area contributed by atoms with Crippen LogP contribution in [-0.2, 0) is 6.54 Å². The molecule has 2 N–H and O–H groups in total. The van der Waals surface area contributed by atoms with Crippen LogP contribution in [0, 0.1) is 6.92 Å². The molecule has 1 amide bonds. The molecule has 4 aromatic rings. The van der Waals surface area contributed by atoms with Crippen LogP contribution in [0.3, 0.4) is 0 Å². The summed E-state index contributed by atoms with van der Waals surface area (Å²) in [6.07, 6.45) is 11.9. The Morgan fingerprint density at radius 2 is 1.85 bits per heavy atom. The summed E-state index contributed by atoms with van der Waals surface area (Å²) in [5.41, 5.74) is 6.29. The van der Waals surface area contributed by atoms with Crippen molar-refractivity contribution in [3.63, 3.8) is 0 Å². The summed E-state index contributed by atoms with van der Waals surface area (Å²) in [6, 6.07) is 2.43. The van der Waals surface area contributed by atoms with E-state index in [9.17, 15) is 4.79 Å². The van der Waals surface area contributed by atoms with Gasteiger partial charge in [0.15, 0.2) is 5.69 Å². The van der Waals surface area contributed by atoms with Crippen LogP contribution in [0.4, 0.5) is 0 Å². The van der Waals surface area contributed by atoms with Crippen LogP contribution in [0.5, 0.6) is 0 Å². The van der Waals surface area contributed by atoms with Crippen LogP contribution in [0.1, 0.15) is 47.9 Å². The Bertz CT molecular complexity index is 1360. The Morgan fingerprint density at radius 1 is 1.03 bits per heavy atom. The minimum atomic E-state index is -0.0384. The van der Waals surface area contributed by atoms with E-state index < -0.39 is 0 Å². The van der Waals surface area contributed by atoms with Crippen molar-refractivity contribution in [1.29, 1.82) is 0 Å². The number of nitrogens with zero attached hydrogens (tertiary/aromatic N) is 6. The number of carbonyl (C=O) groups excluding carboxylic acids is 1. The molecule has 0 unspecified atom stereocenters. The zero-order valence-corrected chi connectivity index (χ0v) is 19.7. The number of amides is 1. The van der Waals surface area contributed by atoms with Gasteiger partial charge >= 0.3 is 0 Å². The second-order valence-corrected chi connectivity index (χ2v) is 9.50. The van der Waals surface area contributed by atoms with Gasteiger partial charge in [0.1, 0.15) is 5.65 Å². The van der Waals surface area contributed by atoms with Gasteiger partial charge in [-0.2, -0.15) is 10.2 Å². The second kappa shape index (κ2) is 8.39. The van der Waals surface area contributed by atoms with E-state index in [-0.39, 0.29) is 5.91 Å². The second-order valence-electron chi connectivity index (χ2n) is 9.50. The van der Waals surface area contributed by atoms with Gasteiger partial charge in [-0.1, -0.05) is 0 Å². The predicted octanol–water partition coefficient (Wildman–Crippen LogP) is 3.39. The monoisotopic (exact) mass is 458 g/mol. The summed E-state index contributed by atoms with van der Waals surface area (Å²) in [6.45, 7) is 5.50. The standard InChI is InChI=1S/C25H30N8O/c1-16-21-14-32(29-16)10-4-3-9-31(2)25(34)23-22(15-33(30-23)18-5-7-26-8-6-18)17-11-19-20(21)13-28-24(19)27-12-17/h11-15,18,26H,3-10H2,1-2H3,(H,27,28). The summed E-state index contributed by atoms with van der Waals surface area (Å²) in [5.74, 6) is -0.0384. The molecule has 0 radical (unpaired) electrons. The fourth-order valence-corrected chi connectivity index (χ4v) is 5.19. The molecular weight excluding hydrogens is 428 g/mol. The molecule has 6 rings (SSSR count). The Kier molecular flexibility index (Phi) is 5.21. The number of hydrogen-bond acceptors (Lipinski definition) is 5. The maximum Gasteiger partial charge on any atom is 0.274 e. The van der Waals surface area contributed by atoms with E-state index in [0.29, 0.717) is 18.3 Å². The maximum absolute atomic E-state index is 13.5. The highest BCUT2D eigenvalue weighted by atomic mass is 16.2. The number of aryl methyl sites for hydroxylation is 2. The minimum absolute atomic E-state index is 0.0384.